The van der Waals surface area contributed by atoms with Crippen LogP contribution in [0, 0.1) is 19.8 Å². The zero-order chi connectivity index (χ0) is 14.2. The summed E-state index contributed by atoms with van der Waals surface area (Å²) in [6, 6.07) is 2.09. The van der Waals surface area contributed by atoms with Crippen molar-refractivity contribution in [3.05, 3.63) is 22.9 Å². The van der Waals surface area contributed by atoms with Crippen molar-refractivity contribution in [2.45, 2.75) is 33.2 Å². The first-order chi connectivity index (χ1) is 8.95. The average Bonchev–Trinajstić information content (AvgIpc) is 2.68. The molecule has 1 aromatic rings. The Kier molecular flexibility index (Phi) is 4.06. The third-order valence-corrected chi connectivity index (χ3v) is 4.12. The van der Waals surface area contributed by atoms with Crippen LogP contribution < -0.4 is 10.6 Å². The standard InChI is InChI=1S/C14H21N3OS/c1-8-4-5-17(11(8)7-18)14-12(13(15)19)9(2)6-10(3)16-14/h6,8,11,18H,4-5,7H2,1-3H3,(H2,15,19). The summed E-state index contributed by atoms with van der Waals surface area (Å²) in [5.74, 6) is 1.28. The summed E-state index contributed by atoms with van der Waals surface area (Å²) in [5, 5.41) is 9.60. The zero-order valence-electron chi connectivity index (χ0n) is 11.7. The van der Waals surface area contributed by atoms with E-state index in [-0.39, 0.29) is 12.6 Å². The van der Waals surface area contributed by atoms with Crippen molar-refractivity contribution in [1.29, 1.82) is 0 Å². The predicted octanol–water partition coefficient (Wildman–Crippen LogP) is 1.54. The van der Waals surface area contributed by atoms with E-state index in [9.17, 15) is 5.11 Å². The Morgan fingerprint density at radius 3 is 2.84 bits per heavy atom. The highest BCUT2D eigenvalue weighted by atomic mass is 32.1. The minimum Gasteiger partial charge on any atom is -0.394 e. The minimum absolute atomic E-state index is 0.0989. The van der Waals surface area contributed by atoms with Crippen molar-refractivity contribution >= 4 is 23.0 Å². The first kappa shape index (κ1) is 14.2. The summed E-state index contributed by atoms with van der Waals surface area (Å²) in [4.78, 5) is 7.14. The molecule has 1 aromatic heterocycles. The number of pyridine rings is 1. The molecule has 1 saturated heterocycles. The normalized spacial score (nSPS) is 22.8. The van der Waals surface area contributed by atoms with Gasteiger partial charge in [0.15, 0.2) is 0 Å². The van der Waals surface area contributed by atoms with E-state index in [1.807, 2.05) is 19.9 Å². The Labute approximate surface area is 119 Å². The lowest BCUT2D eigenvalue weighted by molar-refractivity contribution is 0.244. The monoisotopic (exact) mass is 279 g/mol. The fraction of sp³-hybridized carbons (Fsp3) is 0.571. The molecule has 1 fully saturated rings. The highest BCUT2D eigenvalue weighted by molar-refractivity contribution is 7.80. The Bertz CT molecular complexity index is 504. The maximum Gasteiger partial charge on any atom is 0.139 e. The van der Waals surface area contributed by atoms with Gasteiger partial charge in [-0.3, -0.25) is 0 Å². The molecule has 0 radical (unpaired) electrons. The first-order valence-electron chi connectivity index (χ1n) is 6.61. The molecule has 0 spiro atoms. The number of nitrogens with zero attached hydrogens (tertiary/aromatic N) is 2. The number of aromatic nitrogens is 1. The molecule has 0 aromatic carbocycles. The highest BCUT2D eigenvalue weighted by Gasteiger charge is 2.33. The topological polar surface area (TPSA) is 62.4 Å². The van der Waals surface area contributed by atoms with Gasteiger partial charge in [0.2, 0.25) is 0 Å². The zero-order valence-corrected chi connectivity index (χ0v) is 12.5. The van der Waals surface area contributed by atoms with Crippen LogP contribution in [0.3, 0.4) is 0 Å². The van der Waals surface area contributed by atoms with Gasteiger partial charge in [-0.25, -0.2) is 4.98 Å². The molecule has 5 heteroatoms. The number of aliphatic hydroxyl groups is 1. The van der Waals surface area contributed by atoms with E-state index in [1.54, 1.807) is 0 Å². The lowest BCUT2D eigenvalue weighted by atomic mass is 10.0. The molecule has 2 atom stereocenters. The second-order valence-electron chi connectivity index (χ2n) is 5.35. The van der Waals surface area contributed by atoms with Crippen LogP contribution in [0.25, 0.3) is 0 Å². The molecule has 0 saturated carbocycles. The number of nitrogens with two attached hydrogens (primary N) is 1. The van der Waals surface area contributed by atoms with Crippen molar-refractivity contribution in [2.24, 2.45) is 11.7 Å². The quantitative estimate of drug-likeness (QED) is 0.822. The van der Waals surface area contributed by atoms with Gasteiger partial charge in [0.25, 0.3) is 0 Å². The maximum atomic E-state index is 9.60. The Hall–Kier alpha value is -1.20. The van der Waals surface area contributed by atoms with Crippen LogP contribution in [-0.2, 0) is 0 Å². The van der Waals surface area contributed by atoms with E-state index in [4.69, 9.17) is 18.0 Å². The average molecular weight is 279 g/mol. The van der Waals surface area contributed by atoms with Crippen molar-refractivity contribution < 1.29 is 5.11 Å². The van der Waals surface area contributed by atoms with Gasteiger partial charge in [-0.2, -0.15) is 0 Å². The van der Waals surface area contributed by atoms with Crippen LogP contribution in [0.5, 0.6) is 0 Å². The molecule has 2 rings (SSSR count). The van der Waals surface area contributed by atoms with Gasteiger partial charge in [-0.1, -0.05) is 19.1 Å². The highest BCUT2D eigenvalue weighted by Crippen LogP contribution is 2.32. The number of anilines is 1. The van der Waals surface area contributed by atoms with Crippen molar-refractivity contribution in [1.82, 2.24) is 4.98 Å². The van der Waals surface area contributed by atoms with Gasteiger partial charge in [-0.05, 0) is 37.8 Å². The summed E-state index contributed by atoms with van der Waals surface area (Å²) in [7, 11) is 0. The number of hydrogen-bond acceptors (Lipinski definition) is 4. The minimum atomic E-state index is 0.0989. The Balaban J connectivity index is 2.52. The van der Waals surface area contributed by atoms with Crippen LogP contribution in [0.2, 0.25) is 0 Å². The van der Waals surface area contributed by atoms with E-state index in [0.29, 0.717) is 10.9 Å². The summed E-state index contributed by atoms with van der Waals surface area (Å²) in [6.07, 6.45) is 1.05. The molecular weight excluding hydrogens is 258 g/mol. The summed E-state index contributed by atoms with van der Waals surface area (Å²) in [5.41, 5.74) is 8.69. The number of aliphatic hydroxyl groups excluding tert-OH is 1. The van der Waals surface area contributed by atoms with Gasteiger partial charge in [-0.15, -0.1) is 0 Å². The molecule has 104 valence electrons. The van der Waals surface area contributed by atoms with Crippen molar-refractivity contribution in [2.75, 3.05) is 18.1 Å². The second kappa shape index (κ2) is 5.43. The fourth-order valence-electron chi connectivity index (χ4n) is 2.88. The van der Waals surface area contributed by atoms with Gasteiger partial charge in [0.1, 0.15) is 10.8 Å². The van der Waals surface area contributed by atoms with Gasteiger partial charge >= 0.3 is 0 Å². The van der Waals surface area contributed by atoms with Crippen LogP contribution in [0.4, 0.5) is 5.82 Å². The molecule has 0 amide bonds. The third-order valence-electron chi connectivity index (χ3n) is 3.91. The van der Waals surface area contributed by atoms with Gasteiger partial charge in [0.05, 0.1) is 18.2 Å². The molecule has 2 heterocycles. The molecule has 2 unspecified atom stereocenters. The SMILES string of the molecule is Cc1cc(C)c(C(N)=S)c(N2CCC(C)C2CO)n1. The molecule has 0 bridgehead atoms. The summed E-state index contributed by atoms with van der Waals surface area (Å²) >= 11 is 5.17. The number of thiocarbonyl (C=S) groups is 1. The van der Waals surface area contributed by atoms with Crippen LogP contribution in [0.15, 0.2) is 6.07 Å². The lowest BCUT2D eigenvalue weighted by Gasteiger charge is -2.29. The maximum absolute atomic E-state index is 9.60. The van der Waals surface area contributed by atoms with Crippen LogP contribution in [-0.4, -0.2) is 34.3 Å². The predicted molar refractivity (Wildman–Crippen MR) is 81.6 cm³/mol. The smallest absolute Gasteiger partial charge is 0.139 e. The fourth-order valence-corrected chi connectivity index (χ4v) is 3.13. The van der Waals surface area contributed by atoms with Gasteiger partial charge < -0.3 is 15.7 Å². The van der Waals surface area contributed by atoms with Crippen LogP contribution >= 0.6 is 12.2 Å². The van der Waals surface area contributed by atoms with Crippen LogP contribution in [0.1, 0.15) is 30.2 Å². The molecule has 19 heavy (non-hydrogen) atoms. The van der Waals surface area contributed by atoms with E-state index in [0.717, 1.165) is 35.6 Å². The third kappa shape index (κ3) is 2.58. The molecule has 3 N–H and O–H groups in total. The van der Waals surface area contributed by atoms with Gasteiger partial charge in [0, 0.05) is 12.2 Å². The van der Waals surface area contributed by atoms with E-state index < -0.39 is 0 Å². The molecular formula is C14H21N3OS. The second-order valence-corrected chi connectivity index (χ2v) is 5.79. The molecule has 1 aliphatic rings. The number of hydrogen-bond donors (Lipinski definition) is 2. The molecule has 4 nitrogen and oxygen atoms in total. The van der Waals surface area contributed by atoms with E-state index in [2.05, 4.69) is 16.8 Å². The Morgan fingerprint density at radius 2 is 2.26 bits per heavy atom. The molecule has 1 aliphatic heterocycles. The number of aryl methyl sites for hydroxylation is 2. The Morgan fingerprint density at radius 1 is 1.58 bits per heavy atom. The largest absolute Gasteiger partial charge is 0.394 e. The summed E-state index contributed by atoms with van der Waals surface area (Å²) in [6.45, 7) is 7.14. The lowest BCUT2D eigenvalue weighted by Crippen LogP contribution is -2.37. The number of rotatable bonds is 3. The van der Waals surface area contributed by atoms with E-state index >= 15 is 0 Å². The van der Waals surface area contributed by atoms with Crippen molar-refractivity contribution in [3.63, 3.8) is 0 Å². The summed E-state index contributed by atoms with van der Waals surface area (Å²) < 4.78 is 0. The first-order valence-corrected chi connectivity index (χ1v) is 7.02. The van der Waals surface area contributed by atoms with Crippen molar-refractivity contribution in [3.8, 4) is 0 Å². The molecule has 0 aliphatic carbocycles. The van der Waals surface area contributed by atoms with E-state index in [1.165, 1.54) is 0 Å².